The summed E-state index contributed by atoms with van der Waals surface area (Å²) < 4.78 is 6.07. The van der Waals surface area contributed by atoms with Gasteiger partial charge in [-0.15, -0.1) is 11.3 Å². The minimum atomic E-state index is -0.490. The molecular formula is C11H13ClO2S. The molecule has 0 aliphatic heterocycles. The lowest BCUT2D eigenvalue weighted by Crippen LogP contribution is -2.47. The van der Waals surface area contributed by atoms with E-state index in [0.717, 1.165) is 28.5 Å². The van der Waals surface area contributed by atoms with Crippen molar-refractivity contribution in [3.05, 3.63) is 21.3 Å². The highest BCUT2D eigenvalue weighted by atomic mass is 35.5. The molecule has 0 atom stereocenters. The number of ether oxygens (including phenoxy) is 1. The summed E-state index contributed by atoms with van der Waals surface area (Å²) in [4.78, 5) is 13.0. The summed E-state index contributed by atoms with van der Waals surface area (Å²) in [6.45, 7) is 0. The topological polar surface area (TPSA) is 26.3 Å². The van der Waals surface area contributed by atoms with E-state index in [-0.39, 0.29) is 5.78 Å². The van der Waals surface area contributed by atoms with Crippen LogP contribution >= 0.6 is 22.9 Å². The highest BCUT2D eigenvalue weighted by Gasteiger charge is 2.43. The number of methoxy groups -OCH3 is 1. The van der Waals surface area contributed by atoms with Gasteiger partial charge in [-0.1, -0.05) is 11.6 Å². The SMILES string of the molecule is COC1(C(=O)Cc2ccc(Cl)s2)CCC1. The van der Waals surface area contributed by atoms with Crippen molar-refractivity contribution in [1.82, 2.24) is 0 Å². The molecule has 1 aliphatic carbocycles. The van der Waals surface area contributed by atoms with E-state index in [1.165, 1.54) is 11.3 Å². The van der Waals surface area contributed by atoms with Crippen molar-refractivity contribution in [3.63, 3.8) is 0 Å². The maximum Gasteiger partial charge on any atom is 0.169 e. The minimum Gasteiger partial charge on any atom is -0.370 e. The van der Waals surface area contributed by atoms with E-state index in [0.29, 0.717) is 6.42 Å². The summed E-state index contributed by atoms with van der Waals surface area (Å²) in [5, 5.41) is 0. The molecule has 0 saturated heterocycles. The van der Waals surface area contributed by atoms with Crippen LogP contribution in [0.3, 0.4) is 0 Å². The average Bonchev–Trinajstić information content (AvgIpc) is 2.50. The second-order valence-electron chi connectivity index (χ2n) is 3.86. The van der Waals surface area contributed by atoms with Crippen LogP contribution in [0, 0.1) is 0 Å². The van der Waals surface area contributed by atoms with Gasteiger partial charge in [-0.25, -0.2) is 0 Å². The van der Waals surface area contributed by atoms with Gasteiger partial charge in [0.1, 0.15) is 5.60 Å². The van der Waals surface area contributed by atoms with Gasteiger partial charge in [-0.2, -0.15) is 0 Å². The van der Waals surface area contributed by atoms with Crippen molar-refractivity contribution in [1.29, 1.82) is 0 Å². The Morgan fingerprint density at radius 3 is 2.73 bits per heavy atom. The van der Waals surface area contributed by atoms with E-state index >= 15 is 0 Å². The van der Waals surface area contributed by atoms with Gasteiger partial charge in [-0.3, -0.25) is 4.79 Å². The highest BCUT2D eigenvalue weighted by Crippen LogP contribution is 2.37. The van der Waals surface area contributed by atoms with E-state index in [1.54, 1.807) is 7.11 Å². The Hall–Kier alpha value is -0.380. The quantitative estimate of drug-likeness (QED) is 0.814. The van der Waals surface area contributed by atoms with Gasteiger partial charge in [0.2, 0.25) is 0 Å². The van der Waals surface area contributed by atoms with Crippen LogP contribution in [-0.4, -0.2) is 18.5 Å². The molecule has 0 spiro atoms. The molecule has 0 aromatic carbocycles. The first-order valence-electron chi connectivity index (χ1n) is 4.99. The fourth-order valence-corrected chi connectivity index (χ4v) is 2.95. The van der Waals surface area contributed by atoms with Crippen molar-refractivity contribution in [2.75, 3.05) is 7.11 Å². The molecule has 4 heteroatoms. The van der Waals surface area contributed by atoms with Crippen LogP contribution in [0.1, 0.15) is 24.1 Å². The number of Topliss-reactive ketones (excluding diaryl/α,β-unsaturated/α-hetero) is 1. The molecule has 15 heavy (non-hydrogen) atoms. The van der Waals surface area contributed by atoms with E-state index < -0.39 is 5.60 Å². The predicted molar refractivity (Wildman–Crippen MR) is 61.6 cm³/mol. The highest BCUT2D eigenvalue weighted by molar-refractivity contribution is 7.16. The van der Waals surface area contributed by atoms with E-state index in [2.05, 4.69) is 0 Å². The third kappa shape index (κ3) is 2.10. The molecule has 1 aromatic heterocycles. The van der Waals surface area contributed by atoms with Crippen LogP contribution < -0.4 is 0 Å². The first-order valence-corrected chi connectivity index (χ1v) is 6.18. The van der Waals surface area contributed by atoms with Gasteiger partial charge in [0.05, 0.1) is 4.34 Å². The Bertz CT molecular complexity index is 363. The first kappa shape index (κ1) is 11.1. The summed E-state index contributed by atoms with van der Waals surface area (Å²) in [7, 11) is 1.62. The first-order chi connectivity index (χ1) is 7.16. The molecule has 0 radical (unpaired) electrons. The van der Waals surface area contributed by atoms with Crippen molar-refractivity contribution >= 4 is 28.7 Å². The normalized spacial score (nSPS) is 18.5. The lowest BCUT2D eigenvalue weighted by Gasteiger charge is -2.38. The van der Waals surface area contributed by atoms with Gasteiger partial charge in [0, 0.05) is 18.4 Å². The Morgan fingerprint density at radius 1 is 1.60 bits per heavy atom. The Labute approximate surface area is 98.2 Å². The van der Waals surface area contributed by atoms with E-state index in [9.17, 15) is 4.79 Å². The molecule has 1 saturated carbocycles. The molecule has 1 aliphatic rings. The average molecular weight is 245 g/mol. The van der Waals surface area contributed by atoms with Crippen LogP contribution in [-0.2, 0) is 16.0 Å². The van der Waals surface area contributed by atoms with E-state index in [4.69, 9.17) is 16.3 Å². The number of ketones is 1. The van der Waals surface area contributed by atoms with Gasteiger partial charge in [0.15, 0.2) is 5.78 Å². The van der Waals surface area contributed by atoms with Crippen LogP contribution in [0.25, 0.3) is 0 Å². The number of hydrogen-bond acceptors (Lipinski definition) is 3. The Kier molecular flexibility index (Phi) is 3.14. The number of carbonyl (C=O) groups excluding carboxylic acids is 1. The molecule has 2 rings (SSSR count). The number of carbonyl (C=O) groups is 1. The largest absolute Gasteiger partial charge is 0.370 e. The summed E-state index contributed by atoms with van der Waals surface area (Å²) in [5.41, 5.74) is -0.490. The number of rotatable bonds is 4. The molecule has 0 bridgehead atoms. The van der Waals surface area contributed by atoms with Gasteiger partial charge >= 0.3 is 0 Å². The maximum atomic E-state index is 12.0. The number of halogens is 1. The van der Waals surface area contributed by atoms with Crippen LogP contribution in [0.2, 0.25) is 4.34 Å². The van der Waals surface area contributed by atoms with Crippen molar-refractivity contribution in [2.45, 2.75) is 31.3 Å². The van der Waals surface area contributed by atoms with Gasteiger partial charge in [-0.05, 0) is 31.4 Å². The monoisotopic (exact) mass is 244 g/mol. The number of thiophene rings is 1. The second-order valence-corrected chi connectivity index (χ2v) is 5.66. The molecule has 1 heterocycles. The summed E-state index contributed by atoms with van der Waals surface area (Å²) >= 11 is 7.28. The summed E-state index contributed by atoms with van der Waals surface area (Å²) in [6.07, 6.45) is 3.26. The predicted octanol–water partition coefficient (Wildman–Crippen LogP) is 3.08. The van der Waals surface area contributed by atoms with Crippen LogP contribution in [0.5, 0.6) is 0 Å². The van der Waals surface area contributed by atoms with Gasteiger partial charge < -0.3 is 4.74 Å². The smallest absolute Gasteiger partial charge is 0.169 e. The van der Waals surface area contributed by atoms with Crippen LogP contribution in [0.15, 0.2) is 12.1 Å². The maximum absolute atomic E-state index is 12.0. The standard InChI is InChI=1S/C11H13ClO2S/c1-14-11(5-2-6-11)9(13)7-8-3-4-10(12)15-8/h3-4H,2,5-7H2,1H3. The van der Waals surface area contributed by atoms with Crippen molar-refractivity contribution < 1.29 is 9.53 Å². The summed E-state index contributed by atoms with van der Waals surface area (Å²) in [6, 6.07) is 3.74. The fourth-order valence-electron chi connectivity index (χ4n) is 1.86. The molecule has 1 aromatic rings. The lowest BCUT2D eigenvalue weighted by atomic mass is 9.76. The Balaban J connectivity index is 2.03. The fraction of sp³-hybridized carbons (Fsp3) is 0.545. The third-order valence-corrected chi connectivity index (χ3v) is 4.25. The van der Waals surface area contributed by atoms with E-state index in [1.807, 2.05) is 12.1 Å². The van der Waals surface area contributed by atoms with Crippen molar-refractivity contribution in [2.24, 2.45) is 0 Å². The molecule has 2 nitrogen and oxygen atoms in total. The molecule has 0 unspecified atom stereocenters. The minimum absolute atomic E-state index is 0.190. The summed E-state index contributed by atoms with van der Waals surface area (Å²) in [5.74, 6) is 0.190. The molecule has 1 fully saturated rings. The molecule has 82 valence electrons. The van der Waals surface area contributed by atoms with Crippen molar-refractivity contribution in [3.8, 4) is 0 Å². The zero-order chi connectivity index (χ0) is 10.9. The zero-order valence-electron chi connectivity index (χ0n) is 8.59. The van der Waals surface area contributed by atoms with Gasteiger partial charge in [0.25, 0.3) is 0 Å². The Morgan fingerprint density at radius 2 is 2.33 bits per heavy atom. The third-order valence-electron chi connectivity index (χ3n) is 3.02. The lowest BCUT2D eigenvalue weighted by molar-refractivity contribution is -0.150. The molecule has 0 N–H and O–H groups in total. The number of hydrogen-bond donors (Lipinski definition) is 0. The molecular weight excluding hydrogens is 232 g/mol. The van der Waals surface area contributed by atoms with Crippen LogP contribution in [0.4, 0.5) is 0 Å². The molecule has 0 amide bonds. The zero-order valence-corrected chi connectivity index (χ0v) is 10.2. The second kappa shape index (κ2) is 4.24.